The van der Waals surface area contributed by atoms with Crippen LogP contribution in [0.4, 0.5) is 4.79 Å². The van der Waals surface area contributed by atoms with Crippen LogP contribution < -0.4 is 5.32 Å². The van der Waals surface area contributed by atoms with Gasteiger partial charge in [-0.15, -0.1) is 0 Å². The number of hydrogen-bond acceptors (Lipinski definition) is 2. The minimum Gasteiger partial charge on any atom is -0.447 e. The van der Waals surface area contributed by atoms with E-state index in [1.807, 2.05) is 37.3 Å². The summed E-state index contributed by atoms with van der Waals surface area (Å²) in [5.74, 6) is 0. The molecule has 3 nitrogen and oxygen atoms in total. The molecule has 2 rings (SSSR count). The number of rotatable bonds is 1. The summed E-state index contributed by atoms with van der Waals surface area (Å²) >= 11 is 0. The first-order chi connectivity index (χ1) is 6.21. The van der Waals surface area contributed by atoms with Gasteiger partial charge in [-0.3, -0.25) is 0 Å². The van der Waals surface area contributed by atoms with Crippen molar-refractivity contribution in [3.63, 3.8) is 0 Å². The van der Waals surface area contributed by atoms with Crippen molar-refractivity contribution in [1.29, 1.82) is 0 Å². The maximum Gasteiger partial charge on any atom is 0.408 e. The van der Waals surface area contributed by atoms with Crippen LogP contribution in [0.2, 0.25) is 0 Å². The average Bonchev–Trinajstić information content (AvgIpc) is 2.49. The Hall–Kier alpha value is -1.51. The predicted octanol–water partition coefficient (Wildman–Crippen LogP) is 1.64. The lowest BCUT2D eigenvalue weighted by atomic mass is 9.94. The molecule has 0 radical (unpaired) electrons. The van der Waals surface area contributed by atoms with Crippen molar-refractivity contribution in [1.82, 2.24) is 5.32 Å². The molecule has 1 aliphatic rings. The van der Waals surface area contributed by atoms with Gasteiger partial charge in [-0.1, -0.05) is 30.3 Å². The summed E-state index contributed by atoms with van der Waals surface area (Å²) in [5.41, 5.74) is 0.707. The zero-order valence-corrected chi connectivity index (χ0v) is 7.41. The van der Waals surface area contributed by atoms with Crippen LogP contribution in [0, 0.1) is 0 Å². The standard InChI is InChI=1S/C10H11NO2/c1-10(7-13-9(12)11-10)8-5-3-2-4-6-8/h2-6H,7H2,1H3,(H,11,12). The molecule has 0 saturated carbocycles. The number of amides is 1. The number of benzene rings is 1. The SMILES string of the molecule is CC1(c2ccccc2)COC(=O)N1. The van der Waals surface area contributed by atoms with Gasteiger partial charge in [-0.05, 0) is 12.5 Å². The van der Waals surface area contributed by atoms with Gasteiger partial charge >= 0.3 is 6.09 Å². The normalized spacial score (nSPS) is 26.7. The van der Waals surface area contributed by atoms with Crippen LogP contribution in [0.5, 0.6) is 0 Å². The molecule has 1 amide bonds. The number of carbonyl (C=O) groups excluding carboxylic acids is 1. The number of alkyl carbamates (subject to hydrolysis) is 1. The number of hydrogen-bond donors (Lipinski definition) is 1. The first-order valence-electron chi connectivity index (χ1n) is 4.21. The van der Waals surface area contributed by atoms with Gasteiger partial charge in [0, 0.05) is 0 Å². The summed E-state index contributed by atoms with van der Waals surface area (Å²) in [4.78, 5) is 10.9. The largest absolute Gasteiger partial charge is 0.447 e. The first-order valence-corrected chi connectivity index (χ1v) is 4.21. The third kappa shape index (κ3) is 1.37. The first kappa shape index (κ1) is 8.10. The fourth-order valence-corrected chi connectivity index (χ4v) is 1.47. The topological polar surface area (TPSA) is 38.3 Å². The van der Waals surface area contributed by atoms with Crippen LogP contribution in [0.3, 0.4) is 0 Å². The molecule has 1 N–H and O–H groups in total. The maximum atomic E-state index is 10.9. The zero-order chi connectivity index (χ0) is 9.31. The average molecular weight is 177 g/mol. The van der Waals surface area contributed by atoms with E-state index >= 15 is 0 Å². The highest BCUT2D eigenvalue weighted by atomic mass is 16.6. The van der Waals surface area contributed by atoms with Crippen molar-refractivity contribution in [2.45, 2.75) is 12.5 Å². The fraction of sp³-hybridized carbons (Fsp3) is 0.300. The second-order valence-corrected chi connectivity index (χ2v) is 3.40. The summed E-state index contributed by atoms with van der Waals surface area (Å²) in [6, 6.07) is 9.81. The third-order valence-electron chi connectivity index (χ3n) is 2.28. The van der Waals surface area contributed by atoms with Crippen molar-refractivity contribution >= 4 is 6.09 Å². The molecule has 0 aromatic heterocycles. The van der Waals surface area contributed by atoms with Gasteiger partial charge in [0.15, 0.2) is 0 Å². The molecule has 0 spiro atoms. The van der Waals surface area contributed by atoms with Gasteiger partial charge in [-0.2, -0.15) is 0 Å². The number of nitrogens with one attached hydrogen (secondary N) is 1. The molecular formula is C10H11NO2. The van der Waals surface area contributed by atoms with E-state index in [1.165, 1.54) is 0 Å². The zero-order valence-electron chi connectivity index (χ0n) is 7.41. The van der Waals surface area contributed by atoms with Gasteiger partial charge in [0.05, 0.1) is 5.54 Å². The van der Waals surface area contributed by atoms with Crippen LogP contribution in [-0.4, -0.2) is 12.7 Å². The monoisotopic (exact) mass is 177 g/mol. The van der Waals surface area contributed by atoms with E-state index in [4.69, 9.17) is 4.74 Å². The summed E-state index contributed by atoms with van der Waals surface area (Å²) in [6.45, 7) is 2.35. The Bertz CT molecular complexity index is 323. The molecule has 1 atom stereocenters. The third-order valence-corrected chi connectivity index (χ3v) is 2.28. The highest BCUT2D eigenvalue weighted by molar-refractivity contribution is 5.71. The second-order valence-electron chi connectivity index (χ2n) is 3.40. The molecule has 0 bridgehead atoms. The smallest absolute Gasteiger partial charge is 0.408 e. The maximum absolute atomic E-state index is 10.9. The van der Waals surface area contributed by atoms with Gasteiger partial charge in [0.25, 0.3) is 0 Å². The van der Waals surface area contributed by atoms with E-state index in [9.17, 15) is 4.79 Å². The lowest BCUT2D eigenvalue weighted by Crippen LogP contribution is -2.37. The van der Waals surface area contributed by atoms with Crippen LogP contribution in [-0.2, 0) is 10.3 Å². The van der Waals surface area contributed by atoms with Gasteiger partial charge in [0.2, 0.25) is 0 Å². The van der Waals surface area contributed by atoms with Crippen molar-refractivity contribution in [2.24, 2.45) is 0 Å². The Morgan fingerprint density at radius 3 is 2.62 bits per heavy atom. The quantitative estimate of drug-likeness (QED) is 0.708. The Labute approximate surface area is 76.7 Å². The van der Waals surface area contributed by atoms with Crippen LogP contribution in [0.1, 0.15) is 12.5 Å². The molecule has 1 heterocycles. The highest BCUT2D eigenvalue weighted by Crippen LogP contribution is 2.24. The summed E-state index contributed by atoms with van der Waals surface area (Å²) in [6.07, 6.45) is -0.341. The van der Waals surface area contributed by atoms with Gasteiger partial charge in [0.1, 0.15) is 6.61 Å². The van der Waals surface area contributed by atoms with Gasteiger partial charge in [-0.25, -0.2) is 4.79 Å². The Morgan fingerprint density at radius 2 is 2.08 bits per heavy atom. The predicted molar refractivity (Wildman–Crippen MR) is 48.3 cm³/mol. The van der Waals surface area contributed by atoms with Crippen LogP contribution in [0.25, 0.3) is 0 Å². The molecule has 0 aliphatic carbocycles. The molecule has 13 heavy (non-hydrogen) atoms. The van der Waals surface area contributed by atoms with E-state index in [2.05, 4.69) is 5.32 Å². The Balaban J connectivity index is 2.31. The minimum atomic E-state index is -0.363. The molecule has 1 aliphatic heterocycles. The lowest BCUT2D eigenvalue weighted by Gasteiger charge is -2.20. The molecule has 1 unspecified atom stereocenters. The van der Waals surface area contributed by atoms with Crippen molar-refractivity contribution in [2.75, 3.05) is 6.61 Å². The molecular weight excluding hydrogens is 166 g/mol. The van der Waals surface area contributed by atoms with Crippen molar-refractivity contribution < 1.29 is 9.53 Å². The lowest BCUT2D eigenvalue weighted by molar-refractivity contribution is 0.173. The number of cyclic esters (lactones) is 1. The molecule has 1 aromatic carbocycles. The molecule has 3 heteroatoms. The van der Waals surface area contributed by atoms with E-state index in [1.54, 1.807) is 0 Å². The van der Waals surface area contributed by atoms with Crippen LogP contribution in [0.15, 0.2) is 30.3 Å². The molecule has 68 valence electrons. The van der Waals surface area contributed by atoms with Crippen molar-refractivity contribution in [3.8, 4) is 0 Å². The van der Waals surface area contributed by atoms with E-state index in [0.29, 0.717) is 6.61 Å². The highest BCUT2D eigenvalue weighted by Gasteiger charge is 2.36. The van der Waals surface area contributed by atoms with E-state index in [-0.39, 0.29) is 11.6 Å². The summed E-state index contributed by atoms with van der Waals surface area (Å²) < 4.78 is 4.87. The summed E-state index contributed by atoms with van der Waals surface area (Å²) in [5, 5.41) is 2.79. The van der Waals surface area contributed by atoms with E-state index in [0.717, 1.165) is 5.56 Å². The number of ether oxygens (including phenoxy) is 1. The fourth-order valence-electron chi connectivity index (χ4n) is 1.47. The van der Waals surface area contributed by atoms with E-state index < -0.39 is 0 Å². The van der Waals surface area contributed by atoms with Gasteiger partial charge < -0.3 is 10.1 Å². The molecule has 1 saturated heterocycles. The van der Waals surface area contributed by atoms with Crippen molar-refractivity contribution in [3.05, 3.63) is 35.9 Å². The second kappa shape index (κ2) is 2.76. The Kier molecular flexibility index (Phi) is 1.72. The number of carbonyl (C=O) groups is 1. The van der Waals surface area contributed by atoms with Crippen LogP contribution >= 0.6 is 0 Å². The molecule has 1 aromatic rings. The molecule has 1 fully saturated rings. The minimum absolute atomic E-state index is 0.341. The Morgan fingerprint density at radius 1 is 1.38 bits per heavy atom. The summed E-state index contributed by atoms with van der Waals surface area (Å²) in [7, 11) is 0.